The number of hydrogen-bond donors (Lipinski definition) is 0. The Kier molecular flexibility index (Phi) is 3.68. The second-order valence-corrected chi connectivity index (χ2v) is 5.82. The fraction of sp³-hybridized carbons (Fsp3) is 0.111. The molecule has 0 N–H and O–H groups in total. The van der Waals surface area contributed by atoms with Gasteiger partial charge in [-0.25, -0.2) is 14.4 Å². The molecule has 0 saturated heterocycles. The molecule has 4 rings (SSSR count). The van der Waals surface area contributed by atoms with Crippen molar-refractivity contribution < 1.29 is 13.2 Å². The molecule has 0 aliphatic carbocycles. The lowest BCUT2D eigenvalue weighted by Gasteiger charge is -2.09. The molecule has 5 nitrogen and oxygen atoms in total. The molecule has 0 aliphatic heterocycles. The van der Waals surface area contributed by atoms with Crippen LogP contribution in [0.3, 0.4) is 0 Å². The van der Waals surface area contributed by atoms with Crippen molar-refractivity contribution in [3.8, 4) is 22.4 Å². The number of aromatic nitrogens is 5. The predicted octanol–water partition coefficient (Wildman–Crippen LogP) is 4.10. The van der Waals surface area contributed by atoms with Crippen molar-refractivity contribution in [3.63, 3.8) is 0 Å². The summed E-state index contributed by atoms with van der Waals surface area (Å²) in [6.45, 7) is 0.748. The van der Waals surface area contributed by atoms with Crippen LogP contribution >= 0.6 is 0 Å². The molecule has 1 aromatic carbocycles. The predicted molar refractivity (Wildman–Crippen MR) is 89.0 cm³/mol. The van der Waals surface area contributed by atoms with Gasteiger partial charge in [0.25, 0.3) is 11.7 Å². The van der Waals surface area contributed by atoms with Crippen LogP contribution in [0.2, 0.25) is 0 Å². The largest absolute Gasteiger partial charge is 0.288 e. The summed E-state index contributed by atoms with van der Waals surface area (Å²) in [5, 5.41) is 4.01. The molecular weight excluding hydrogens is 343 g/mol. The first-order valence-electron chi connectivity index (χ1n) is 7.73. The number of halogens is 3. The topological polar surface area (TPSA) is 56.0 Å². The summed E-state index contributed by atoms with van der Waals surface area (Å²) in [6, 6.07) is 8.01. The summed E-state index contributed by atoms with van der Waals surface area (Å²) in [5.74, 6) is -3.45. The van der Waals surface area contributed by atoms with Gasteiger partial charge in [-0.2, -0.15) is 18.4 Å². The minimum Gasteiger partial charge on any atom is -0.264 e. The molecule has 0 fully saturated rings. The van der Waals surface area contributed by atoms with Crippen molar-refractivity contribution in [3.05, 3.63) is 66.6 Å². The zero-order chi connectivity index (χ0) is 18.3. The van der Waals surface area contributed by atoms with E-state index in [1.807, 2.05) is 0 Å². The fourth-order valence-electron chi connectivity index (χ4n) is 2.61. The first kappa shape index (κ1) is 16.2. The number of imidazole rings is 1. The summed E-state index contributed by atoms with van der Waals surface area (Å²) < 4.78 is 42.4. The van der Waals surface area contributed by atoms with E-state index >= 15 is 0 Å². The van der Waals surface area contributed by atoms with Crippen molar-refractivity contribution in [1.29, 1.82) is 0 Å². The van der Waals surface area contributed by atoms with E-state index in [0.717, 1.165) is 13.1 Å². The quantitative estimate of drug-likeness (QED) is 0.555. The highest BCUT2D eigenvalue weighted by Gasteiger charge is 2.27. The maximum absolute atomic E-state index is 14.2. The van der Waals surface area contributed by atoms with Gasteiger partial charge in [0.1, 0.15) is 11.5 Å². The molecule has 0 unspecified atom stereocenters. The summed E-state index contributed by atoms with van der Waals surface area (Å²) in [5.41, 5.74) is 1.68. The van der Waals surface area contributed by atoms with E-state index in [0.29, 0.717) is 22.4 Å². The van der Waals surface area contributed by atoms with Crippen molar-refractivity contribution in [1.82, 2.24) is 24.6 Å². The Morgan fingerprint density at radius 2 is 1.88 bits per heavy atom. The Hall–Kier alpha value is -3.29. The molecule has 0 bridgehead atoms. The molecule has 0 spiro atoms. The average Bonchev–Trinajstić information content (AvgIpc) is 3.05. The van der Waals surface area contributed by atoms with E-state index in [1.165, 1.54) is 16.8 Å². The van der Waals surface area contributed by atoms with E-state index in [-0.39, 0.29) is 5.78 Å². The first-order valence-corrected chi connectivity index (χ1v) is 7.73. The lowest BCUT2D eigenvalue weighted by Crippen LogP contribution is -2.12. The standard InChI is InChI=1S/C18H12F3N5/c1-18(20,21)16-10-24-26-15(9-23-17(26)25-16)11-4-5-14(19)13(7-11)12-3-2-6-22-8-12/h2-10H,1H3. The van der Waals surface area contributed by atoms with Gasteiger partial charge >= 0.3 is 0 Å². The SMILES string of the molecule is CC(F)(F)c1cnn2c(-c3ccc(F)c(-c4cccnc4)c3)cnc2n1. The number of nitrogens with zero attached hydrogens (tertiary/aromatic N) is 5. The van der Waals surface area contributed by atoms with E-state index in [9.17, 15) is 13.2 Å². The van der Waals surface area contributed by atoms with Crippen molar-refractivity contribution >= 4 is 5.78 Å². The molecule has 4 aromatic rings. The normalized spacial score (nSPS) is 11.8. The second kappa shape index (κ2) is 5.91. The van der Waals surface area contributed by atoms with Crippen LogP contribution in [0, 0.1) is 5.82 Å². The zero-order valence-electron chi connectivity index (χ0n) is 13.6. The molecule has 8 heteroatoms. The maximum atomic E-state index is 14.2. The summed E-state index contributed by atoms with van der Waals surface area (Å²) >= 11 is 0. The van der Waals surface area contributed by atoms with Crippen LogP contribution in [0.25, 0.3) is 28.2 Å². The molecule has 26 heavy (non-hydrogen) atoms. The third-order valence-electron chi connectivity index (χ3n) is 3.92. The molecule has 0 saturated carbocycles. The average molecular weight is 355 g/mol. The molecule has 0 aliphatic rings. The van der Waals surface area contributed by atoms with Crippen LogP contribution < -0.4 is 0 Å². The summed E-state index contributed by atoms with van der Waals surface area (Å²) in [7, 11) is 0. The number of alkyl halides is 2. The van der Waals surface area contributed by atoms with Crippen molar-refractivity contribution in [2.75, 3.05) is 0 Å². The summed E-state index contributed by atoms with van der Waals surface area (Å²) in [6.07, 6.45) is 5.63. The highest BCUT2D eigenvalue weighted by molar-refractivity contribution is 5.72. The van der Waals surface area contributed by atoms with Gasteiger partial charge in [-0.15, -0.1) is 0 Å². The lowest BCUT2D eigenvalue weighted by molar-refractivity contribution is 0.0123. The maximum Gasteiger partial charge on any atom is 0.288 e. The lowest BCUT2D eigenvalue weighted by atomic mass is 10.0. The highest BCUT2D eigenvalue weighted by atomic mass is 19.3. The molecule has 3 aromatic heterocycles. The number of benzene rings is 1. The van der Waals surface area contributed by atoms with Crippen LogP contribution in [0.15, 0.2) is 55.1 Å². The number of fused-ring (bicyclic) bond motifs is 1. The molecule has 3 heterocycles. The van der Waals surface area contributed by atoms with Gasteiger partial charge in [0, 0.05) is 36.0 Å². The first-order chi connectivity index (χ1) is 12.4. The zero-order valence-corrected chi connectivity index (χ0v) is 13.6. The fourth-order valence-corrected chi connectivity index (χ4v) is 2.61. The Morgan fingerprint density at radius 1 is 1.04 bits per heavy atom. The van der Waals surface area contributed by atoms with Crippen LogP contribution in [0.1, 0.15) is 12.6 Å². The Morgan fingerprint density at radius 3 is 2.62 bits per heavy atom. The molecule has 0 amide bonds. The van der Waals surface area contributed by atoms with Crippen LogP contribution in [0.4, 0.5) is 13.2 Å². The molecule has 0 radical (unpaired) electrons. The van der Waals surface area contributed by atoms with Gasteiger partial charge in [-0.1, -0.05) is 6.07 Å². The van der Waals surface area contributed by atoms with Gasteiger partial charge in [0.15, 0.2) is 0 Å². The monoisotopic (exact) mass is 355 g/mol. The highest BCUT2D eigenvalue weighted by Crippen LogP contribution is 2.29. The van der Waals surface area contributed by atoms with E-state index in [2.05, 4.69) is 20.1 Å². The minimum atomic E-state index is -3.11. The number of pyridine rings is 1. The van der Waals surface area contributed by atoms with E-state index in [1.54, 1.807) is 36.7 Å². The van der Waals surface area contributed by atoms with Gasteiger partial charge in [0.05, 0.1) is 18.1 Å². The third-order valence-corrected chi connectivity index (χ3v) is 3.92. The van der Waals surface area contributed by atoms with E-state index in [4.69, 9.17) is 0 Å². The van der Waals surface area contributed by atoms with E-state index < -0.39 is 17.4 Å². The van der Waals surface area contributed by atoms with Crippen LogP contribution in [-0.4, -0.2) is 24.6 Å². The van der Waals surface area contributed by atoms with Crippen molar-refractivity contribution in [2.45, 2.75) is 12.8 Å². The van der Waals surface area contributed by atoms with Gasteiger partial charge in [-0.05, 0) is 24.3 Å². The number of rotatable bonds is 3. The third kappa shape index (κ3) is 2.79. The summed E-state index contributed by atoms with van der Waals surface area (Å²) in [4.78, 5) is 11.9. The Bertz CT molecular complexity index is 1090. The second-order valence-electron chi connectivity index (χ2n) is 5.82. The molecular formula is C18H12F3N5. The molecule has 130 valence electrons. The van der Waals surface area contributed by atoms with Crippen molar-refractivity contribution in [2.24, 2.45) is 0 Å². The van der Waals surface area contributed by atoms with Crippen LogP contribution in [-0.2, 0) is 5.92 Å². The Labute approximate surface area is 146 Å². The smallest absolute Gasteiger partial charge is 0.264 e. The Balaban J connectivity index is 1.84. The van der Waals surface area contributed by atoms with Crippen LogP contribution in [0.5, 0.6) is 0 Å². The van der Waals surface area contributed by atoms with Gasteiger partial charge in [0.2, 0.25) is 0 Å². The minimum absolute atomic E-state index is 0.0475. The van der Waals surface area contributed by atoms with Gasteiger partial charge in [-0.3, -0.25) is 4.98 Å². The van der Waals surface area contributed by atoms with Gasteiger partial charge < -0.3 is 0 Å². The number of hydrogen-bond acceptors (Lipinski definition) is 4. The molecule has 0 atom stereocenters.